The van der Waals surface area contributed by atoms with E-state index < -0.39 is 0 Å². The molecular formula is C11H11ClN4S. The van der Waals surface area contributed by atoms with Crippen molar-refractivity contribution in [2.75, 3.05) is 0 Å². The molecule has 88 valence electrons. The SMILES string of the molecule is CCc1n[nH]c(=S)n1/N=C\c1ccc(Cl)cc1. The lowest BCUT2D eigenvalue weighted by molar-refractivity contribution is 0.780. The number of hydrogen-bond donors (Lipinski definition) is 1. The summed E-state index contributed by atoms with van der Waals surface area (Å²) in [5, 5.41) is 11.8. The highest BCUT2D eigenvalue weighted by Crippen LogP contribution is 2.08. The summed E-state index contributed by atoms with van der Waals surface area (Å²) in [6, 6.07) is 7.42. The molecule has 2 aromatic rings. The van der Waals surface area contributed by atoms with Gasteiger partial charge in [-0.25, -0.2) is 0 Å². The van der Waals surface area contributed by atoms with Crippen LogP contribution in [0, 0.1) is 4.77 Å². The van der Waals surface area contributed by atoms with E-state index in [-0.39, 0.29) is 0 Å². The third-order valence-corrected chi connectivity index (χ3v) is 2.74. The van der Waals surface area contributed by atoms with E-state index in [1.165, 1.54) is 0 Å². The third kappa shape index (κ3) is 2.81. The van der Waals surface area contributed by atoms with Gasteiger partial charge in [0.05, 0.1) is 6.21 Å². The molecule has 0 unspecified atom stereocenters. The van der Waals surface area contributed by atoms with Gasteiger partial charge in [0.2, 0.25) is 4.77 Å². The lowest BCUT2D eigenvalue weighted by atomic mass is 10.2. The van der Waals surface area contributed by atoms with Crippen molar-refractivity contribution in [3.8, 4) is 0 Å². The lowest BCUT2D eigenvalue weighted by Gasteiger charge is -1.97. The first kappa shape index (κ1) is 12.0. The number of aromatic amines is 1. The van der Waals surface area contributed by atoms with Crippen LogP contribution in [-0.2, 0) is 6.42 Å². The molecule has 0 aliphatic carbocycles. The van der Waals surface area contributed by atoms with Crippen LogP contribution >= 0.6 is 23.8 Å². The van der Waals surface area contributed by atoms with Gasteiger partial charge in [0.25, 0.3) is 0 Å². The minimum Gasteiger partial charge on any atom is -0.250 e. The maximum Gasteiger partial charge on any atom is 0.216 e. The molecule has 0 bridgehead atoms. The molecule has 0 saturated carbocycles. The summed E-state index contributed by atoms with van der Waals surface area (Å²) in [5.41, 5.74) is 0.958. The van der Waals surface area contributed by atoms with Crippen molar-refractivity contribution in [1.82, 2.24) is 14.9 Å². The smallest absolute Gasteiger partial charge is 0.216 e. The number of hydrogen-bond acceptors (Lipinski definition) is 3. The fraction of sp³-hybridized carbons (Fsp3) is 0.182. The molecule has 0 atom stereocenters. The zero-order valence-electron chi connectivity index (χ0n) is 9.22. The molecule has 0 amide bonds. The molecule has 4 nitrogen and oxygen atoms in total. The first-order valence-electron chi connectivity index (χ1n) is 5.17. The van der Waals surface area contributed by atoms with Crippen molar-refractivity contribution in [1.29, 1.82) is 0 Å². The number of H-pyrrole nitrogens is 1. The standard InChI is InChI=1S/C11H11ClN4S/c1-2-10-14-15-11(17)16(10)13-7-8-3-5-9(12)6-4-8/h3-7H,2H2,1H3,(H,15,17)/b13-7-. The Morgan fingerprint density at radius 1 is 1.47 bits per heavy atom. The van der Waals surface area contributed by atoms with Crippen molar-refractivity contribution >= 4 is 30.0 Å². The van der Waals surface area contributed by atoms with Gasteiger partial charge in [0.1, 0.15) is 0 Å². The molecular weight excluding hydrogens is 256 g/mol. The average molecular weight is 267 g/mol. The molecule has 1 aromatic carbocycles. The monoisotopic (exact) mass is 266 g/mol. The van der Waals surface area contributed by atoms with E-state index in [2.05, 4.69) is 15.3 Å². The van der Waals surface area contributed by atoms with Gasteiger partial charge in [-0.2, -0.15) is 14.9 Å². The lowest BCUT2D eigenvalue weighted by Crippen LogP contribution is -1.97. The number of halogens is 1. The second-order valence-electron chi connectivity index (χ2n) is 3.41. The normalized spacial score (nSPS) is 11.2. The van der Waals surface area contributed by atoms with Gasteiger partial charge in [-0.15, -0.1) is 0 Å². The Bertz CT molecular complexity index is 582. The molecule has 0 aliphatic rings. The highest BCUT2D eigenvalue weighted by atomic mass is 35.5. The maximum absolute atomic E-state index is 5.80. The molecule has 1 N–H and O–H groups in total. The predicted molar refractivity (Wildman–Crippen MR) is 71.2 cm³/mol. The van der Waals surface area contributed by atoms with Crippen LogP contribution in [0.2, 0.25) is 5.02 Å². The van der Waals surface area contributed by atoms with Gasteiger partial charge in [0.15, 0.2) is 5.82 Å². The van der Waals surface area contributed by atoms with Crippen LogP contribution in [0.5, 0.6) is 0 Å². The quantitative estimate of drug-likeness (QED) is 0.686. The highest BCUT2D eigenvalue weighted by molar-refractivity contribution is 7.71. The molecule has 17 heavy (non-hydrogen) atoms. The molecule has 0 aliphatic heterocycles. The summed E-state index contributed by atoms with van der Waals surface area (Å²) in [6.45, 7) is 2.00. The van der Waals surface area contributed by atoms with Crippen LogP contribution in [0.25, 0.3) is 0 Å². The summed E-state index contributed by atoms with van der Waals surface area (Å²) in [6.07, 6.45) is 2.49. The van der Waals surface area contributed by atoms with Gasteiger partial charge < -0.3 is 0 Å². The fourth-order valence-electron chi connectivity index (χ4n) is 1.35. The van der Waals surface area contributed by atoms with Gasteiger partial charge in [0, 0.05) is 11.4 Å². The first-order valence-corrected chi connectivity index (χ1v) is 5.95. The van der Waals surface area contributed by atoms with Crippen molar-refractivity contribution in [3.63, 3.8) is 0 Å². The Balaban J connectivity index is 2.28. The fourth-order valence-corrected chi connectivity index (χ4v) is 1.67. The van der Waals surface area contributed by atoms with E-state index in [1.807, 2.05) is 31.2 Å². The molecule has 0 saturated heterocycles. The molecule has 1 aromatic heterocycles. The molecule has 0 spiro atoms. The maximum atomic E-state index is 5.80. The van der Waals surface area contributed by atoms with Crippen molar-refractivity contribution in [2.45, 2.75) is 13.3 Å². The largest absolute Gasteiger partial charge is 0.250 e. The topological polar surface area (TPSA) is 46.0 Å². The zero-order chi connectivity index (χ0) is 12.3. The summed E-state index contributed by atoms with van der Waals surface area (Å²) >= 11 is 10.9. The van der Waals surface area contributed by atoms with Gasteiger partial charge >= 0.3 is 0 Å². The third-order valence-electron chi connectivity index (χ3n) is 2.23. The van der Waals surface area contributed by atoms with E-state index in [4.69, 9.17) is 23.8 Å². The zero-order valence-corrected chi connectivity index (χ0v) is 10.8. The molecule has 6 heteroatoms. The summed E-state index contributed by atoms with van der Waals surface area (Å²) in [5.74, 6) is 0.806. The Kier molecular flexibility index (Phi) is 3.71. The highest BCUT2D eigenvalue weighted by Gasteiger charge is 2.00. The van der Waals surface area contributed by atoms with Crippen molar-refractivity contribution < 1.29 is 0 Å². The van der Waals surface area contributed by atoms with E-state index in [0.717, 1.165) is 17.8 Å². The predicted octanol–water partition coefficient (Wildman–Crippen LogP) is 3.04. The summed E-state index contributed by atoms with van der Waals surface area (Å²) in [7, 11) is 0. The van der Waals surface area contributed by atoms with E-state index >= 15 is 0 Å². The number of aromatic nitrogens is 3. The summed E-state index contributed by atoms with van der Waals surface area (Å²) in [4.78, 5) is 0. The van der Waals surface area contributed by atoms with Crippen LogP contribution in [-0.4, -0.2) is 21.1 Å². The van der Waals surface area contributed by atoms with Crippen LogP contribution in [0.3, 0.4) is 0 Å². The van der Waals surface area contributed by atoms with Crippen LogP contribution in [0.15, 0.2) is 29.4 Å². The number of nitrogens with one attached hydrogen (secondary N) is 1. The summed E-state index contributed by atoms with van der Waals surface area (Å²) < 4.78 is 2.11. The number of nitrogens with zero attached hydrogens (tertiary/aromatic N) is 3. The Morgan fingerprint density at radius 3 is 2.82 bits per heavy atom. The van der Waals surface area contributed by atoms with Crippen LogP contribution in [0.1, 0.15) is 18.3 Å². The molecule has 0 radical (unpaired) electrons. The van der Waals surface area contributed by atoms with Gasteiger partial charge in [-0.05, 0) is 29.9 Å². The Labute approximate surface area is 109 Å². The van der Waals surface area contributed by atoms with E-state index in [1.54, 1.807) is 10.9 Å². The van der Waals surface area contributed by atoms with Crippen LogP contribution < -0.4 is 0 Å². The minimum atomic E-state index is 0.493. The average Bonchev–Trinajstić information content (AvgIpc) is 2.69. The second kappa shape index (κ2) is 5.25. The van der Waals surface area contributed by atoms with Gasteiger partial charge in [-0.3, -0.25) is 5.10 Å². The Morgan fingerprint density at radius 2 is 2.18 bits per heavy atom. The van der Waals surface area contributed by atoms with E-state index in [9.17, 15) is 0 Å². The first-order chi connectivity index (χ1) is 8.20. The molecule has 1 heterocycles. The number of rotatable bonds is 3. The molecule has 0 fully saturated rings. The number of benzene rings is 1. The number of aryl methyl sites for hydroxylation is 1. The second-order valence-corrected chi connectivity index (χ2v) is 4.23. The Hall–Kier alpha value is -1.46. The van der Waals surface area contributed by atoms with Gasteiger partial charge in [-0.1, -0.05) is 30.7 Å². The minimum absolute atomic E-state index is 0.493. The molecule has 2 rings (SSSR count). The van der Waals surface area contributed by atoms with Crippen molar-refractivity contribution in [3.05, 3.63) is 45.4 Å². The van der Waals surface area contributed by atoms with Crippen LogP contribution in [0.4, 0.5) is 0 Å². The van der Waals surface area contributed by atoms with Crippen molar-refractivity contribution in [2.24, 2.45) is 5.10 Å². The van der Waals surface area contributed by atoms with E-state index in [0.29, 0.717) is 9.79 Å².